The van der Waals surface area contributed by atoms with Gasteiger partial charge in [-0.15, -0.1) is 0 Å². The second-order valence-corrected chi connectivity index (χ2v) is 7.53. The Morgan fingerprint density at radius 2 is 1.48 bits per heavy atom. The van der Waals surface area contributed by atoms with E-state index in [2.05, 4.69) is 0 Å². The standard InChI is InChI=1S/C17H21NO2S/c1-13-6-9-16(10-7-13)12-18(4)21(19,20)17-11-14(2)5-8-15(17)3/h5-11H,12H2,1-4H3. The molecule has 0 radical (unpaired) electrons. The van der Waals surface area contributed by atoms with Crippen LogP contribution in [0.3, 0.4) is 0 Å². The van der Waals surface area contributed by atoms with Crippen LogP contribution >= 0.6 is 0 Å². The van der Waals surface area contributed by atoms with E-state index in [1.165, 1.54) is 9.87 Å². The lowest BCUT2D eigenvalue weighted by Crippen LogP contribution is -2.27. The molecule has 0 aliphatic rings. The molecule has 0 amide bonds. The van der Waals surface area contributed by atoms with Crippen LogP contribution in [0.25, 0.3) is 0 Å². The Morgan fingerprint density at radius 1 is 0.905 bits per heavy atom. The van der Waals surface area contributed by atoms with Gasteiger partial charge in [0.25, 0.3) is 0 Å². The summed E-state index contributed by atoms with van der Waals surface area (Å²) in [6, 6.07) is 13.4. The Morgan fingerprint density at radius 3 is 2.10 bits per heavy atom. The molecule has 0 unspecified atom stereocenters. The van der Waals surface area contributed by atoms with Crippen molar-refractivity contribution in [3.8, 4) is 0 Å². The summed E-state index contributed by atoms with van der Waals surface area (Å²) in [5.41, 5.74) is 3.87. The molecule has 0 fully saturated rings. The highest BCUT2D eigenvalue weighted by Crippen LogP contribution is 2.21. The molecule has 0 saturated carbocycles. The van der Waals surface area contributed by atoms with Crippen molar-refractivity contribution in [1.29, 1.82) is 0 Å². The van der Waals surface area contributed by atoms with Gasteiger partial charge in [0, 0.05) is 13.6 Å². The summed E-state index contributed by atoms with van der Waals surface area (Å²) in [4.78, 5) is 0.386. The molecule has 0 saturated heterocycles. The van der Waals surface area contributed by atoms with Crippen LogP contribution in [0.2, 0.25) is 0 Å². The van der Waals surface area contributed by atoms with E-state index in [0.717, 1.165) is 16.7 Å². The monoisotopic (exact) mass is 303 g/mol. The maximum absolute atomic E-state index is 12.7. The third-order valence-corrected chi connectivity index (χ3v) is 5.50. The first kappa shape index (κ1) is 15.7. The lowest BCUT2D eigenvalue weighted by Gasteiger charge is -2.19. The van der Waals surface area contributed by atoms with Crippen molar-refractivity contribution in [1.82, 2.24) is 4.31 Å². The normalized spacial score (nSPS) is 11.9. The van der Waals surface area contributed by atoms with E-state index in [1.807, 2.05) is 57.2 Å². The van der Waals surface area contributed by atoms with Gasteiger partial charge in [0.05, 0.1) is 4.90 Å². The molecule has 0 aromatic heterocycles. The minimum Gasteiger partial charge on any atom is -0.207 e. The molecule has 0 aliphatic heterocycles. The third-order valence-electron chi connectivity index (χ3n) is 3.56. The number of hydrogen-bond acceptors (Lipinski definition) is 2. The van der Waals surface area contributed by atoms with E-state index in [0.29, 0.717) is 11.4 Å². The maximum Gasteiger partial charge on any atom is 0.243 e. The number of rotatable bonds is 4. The van der Waals surface area contributed by atoms with E-state index < -0.39 is 10.0 Å². The highest BCUT2D eigenvalue weighted by atomic mass is 32.2. The van der Waals surface area contributed by atoms with Crippen molar-refractivity contribution in [2.45, 2.75) is 32.2 Å². The van der Waals surface area contributed by atoms with Gasteiger partial charge in [-0.25, -0.2) is 8.42 Å². The minimum absolute atomic E-state index is 0.371. The van der Waals surface area contributed by atoms with E-state index in [-0.39, 0.29) is 0 Å². The van der Waals surface area contributed by atoms with Gasteiger partial charge in [-0.2, -0.15) is 4.31 Å². The largest absolute Gasteiger partial charge is 0.243 e. The lowest BCUT2D eigenvalue weighted by atomic mass is 10.1. The highest BCUT2D eigenvalue weighted by molar-refractivity contribution is 7.89. The van der Waals surface area contributed by atoms with Crippen LogP contribution in [0.5, 0.6) is 0 Å². The van der Waals surface area contributed by atoms with Gasteiger partial charge in [-0.05, 0) is 43.5 Å². The summed E-state index contributed by atoms with van der Waals surface area (Å²) >= 11 is 0. The van der Waals surface area contributed by atoms with Crippen LogP contribution in [0.15, 0.2) is 47.4 Å². The summed E-state index contributed by atoms with van der Waals surface area (Å²) in [7, 11) is -1.85. The Bertz CT molecular complexity index is 734. The fourth-order valence-corrected chi connectivity index (χ4v) is 3.65. The van der Waals surface area contributed by atoms with Gasteiger partial charge in [0.15, 0.2) is 0 Å². The highest BCUT2D eigenvalue weighted by Gasteiger charge is 2.22. The van der Waals surface area contributed by atoms with Gasteiger partial charge >= 0.3 is 0 Å². The van der Waals surface area contributed by atoms with Crippen LogP contribution in [-0.4, -0.2) is 19.8 Å². The topological polar surface area (TPSA) is 37.4 Å². The number of sulfonamides is 1. The summed E-state index contributed by atoms with van der Waals surface area (Å²) in [5, 5.41) is 0. The first-order valence-electron chi connectivity index (χ1n) is 6.90. The second kappa shape index (κ2) is 6.00. The average molecular weight is 303 g/mol. The maximum atomic E-state index is 12.7. The molecule has 2 rings (SSSR count). The van der Waals surface area contributed by atoms with E-state index >= 15 is 0 Å². The molecule has 112 valence electrons. The summed E-state index contributed by atoms with van der Waals surface area (Å²) < 4.78 is 26.8. The minimum atomic E-state index is -3.47. The Labute approximate surface area is 127 Å². The number of aryl methyl sites for hydroxylation is 3. The predicted octanol–water partition coefficient (Wildman–Crippen LogP) is 3.43. The lowest BCUT2D eigenvalue weighted by molar-refractivity contribution is 0.466. The molecule has 2 aromatic carbocycles. The molecule has 0 aliphatic carbocycles. The van der Waals surface area contributed by atoms with Crippen molar-refractivity contribution in [3.05, 3.63) is 64.7 Å². The Hall–Kier alpha value is -1.65. The zero-order valence-electron chi connectivity index (χ0n) is 12.9. The van der Waals surface area contributed by atoms with Crippen LogP contribution in [-0.2, 0) is 16.6 Å². The molecule has 0 bridgehead atoms. The van der Waals surface area contributed by atoms with Crippen molar-refractivity contribution in [2.24, 2.45) is 0 Å². The summed E-state index contributed by atoms with van der Waals surface area (Å²) in [6.07, 6.45) is 0. The Balaban J connectivity index is 2.30. The molecule has 0 N–H and O–H groups in total. The fraction of sp³-hybridized carbons (Fsp3) is 0.294. The molecule has 0 spiro atoms. The molecule has 4 heteroatoms. The van der Waals surface area contributed by atoms with E-state index in [4.69, 9.17) is 0 Å². The van der Waals surface area contributed by atoms with Gasteiger partial charge in [0.2, 0.25) is 10.0 Å². The number of hydrogen-bond donors (Lipinski definition) is 0. The molecule has 2 aromatic rings. The Kier molecular flexibility index (Phi) is 4.49. The second-order valence-electron chi connectivity index (χ2n) is 5.52. The van der Waals surface area contributed by atoms with Gasteiger partial charge in [0.1, 0.15) is 0 Å². The number of nitrogens with zero attached hydrogens (tertiary/aromatic N) is 1. The molecule has 21 heavy (non-hydrogen) atoms. The predicted molar refractivity (Wildman–Crippen MR) is 85.7 cm³/mol. The SMILES string of the molecule is Cc1ccc(CN(C)S(=O)(=O)c2cc(C)ccc2C)cc1. The van der Waals surface area contributed by atoms with Crippen molar-refractivity contribution < 1.29 is 8.42 Å². The van der Waals surface area contributed by atoms with Crippen molar-refractivity contribution >= 4 is 10.0 Å². The van der Waals surface area contributed by atoms with Crippen molar-refractivity contribution in [2.75, 3.05) is 7.05 Å². The van der Waals surface area contributed by atoms with Crippen molar-refractivity contribution in [3.63, 3.8) is 0 Å². The number of benzene rings is 2. The van der Waals surface area contributed by atoms with E-state index in [9.17, 15) is 8.42 Å². The van der Waals surface area contributed by atoms with Gasteiger partial charge in [-0.1, -0.05) is 42.0 Å². The van der Waals surface area contributed by atoms with Crippen LogP contribution in [0.1, 0.15) is 22.3 Å². The zero-order valence-corrected chi connectivity index (χ0v) is 13.7. The summed E-state index contributed by atoms with van der Waals surface area (Å²) in [6.45, 7) is 6.11. The average Bonchev–Trinajstić information content (AvgIpc) is 2.43. The molecular formula is C17H21NO2S. The fourth-order valence-electron chi connectivity index (χ4n) is 2.19. The molecular weight excluding hydrogens is 282 g/mol. The zero-order chi connectivity index (χ0) is 15.6. The summed E-state index contributed by atoms with van der Waals surface area (Å²) in [5.74, 6) is 0. The molecule has 0 atom stereocenters. The molecule has 3 nitrogen and oxygen atoms in total. The van der Waals surface area contributed by atoms with Crippen LogP contribution in [0.4, 0.5) is 0 Å². The van der Waals surface area contributed by atoms with Crippen LogP contribution < -0.4 is 0 Å². The molecule has 0 heterocycles. The first-order valence-corrected chi connectivity index (χ1v) is 8.34. The van der Waals surface area contributed by atoms with Crippen LogP contribution in [0, 0.1) is 20.8 Å². The smallest absolute Gasteiger partial charge is 0.207 e. The van der Waals surface area contributed by atoms with Gasteiger partial charge < -0.3 is 0 Å². The first-order chi connectivity index (χ1) is 9.80. The van der Waals surface area contributed by atoms with Gasteiger partial charge in [-0.3, -0.25) is 0 Å². The third kappa shape index (κ3) is 3.52. The van der Waals surface area contributed by atoms with E-state index in [1.54, 1.807) is 13.1 Å². The quantitative estimate of drug-likeness (QED) is 0.867.